The largest absolute Gasteiger partial charge is 0.368 e. The molecule has 2 saturated heterocycles. The van der Waals surface area contributed by atoms with Gasteiger partial charge in [0, 0.05) is 31.9 Å². The molecular formula is C17H24N4O2. The number of nitrogens with zero attached hydrogens (tertiary/aromatic N) is 3. The molecule has 0 unspecified atom stereocenters. The number of primary amides is 1. The average molecular weight is 316 g/mol. The van der Waals surface area contributed by atoms with Crippen LogP contribution in [-0.4, -0.2) is 52.8 Å². The Morgan fingerprint density at radius 3 is 2.74 bits per heavy atom. The van der Waals surface area contributed by atoms with Crippen LogP contribution in [0.1, 0.15) is 31.2 Å². The molecule has 3 rings (SSSR count). The van der Waals surface area contributed by atoms with Crippen molar-refractivity contribution in [1.82, 2.24) is 14.8 Å². The number of hydrogen-bond donors (Lipinski definition) is 1. The number of pyridine rings is 1. The Balaban J connectivity index is 1.57. The maximum absolute atomic E-state index is 12.0. The van der Waals surface area contributed by atoms with Crippen molar-refractivity contribution in [2.24, 2.45) is 11.1 Å². The van der Waals surface area contributed by atoms with Crippen molar-refractivity contribution in [3.05, 3.63) is 30.1 Å². The van der Waals surface area contributed by atoms with Gasteiger partial charge in [-0.3, -0.25) is 19.5 Å². The second-order valence-electron chi connectivity index (χ2n) is 6.85. The highest BCUT2D eigenvalue weighted by Crippen LogP contribution is 2.40. The van der Waals surface area contributed by atoms with Gasteiger partial charge in [-0.05, 0) is 49.4 Å². The summed E-state index contributed by atoms with van der Waals surface area (Å²) in [5.74, 6) is -0.364. The molecule has 1 aromatic heterocycles. The van der Waals surface area contributed by atoms with Crippen LogP contribution in [-0.2, 0) is 16.1 Å². The van der Waals surface area contributed by atoms with E-state index in [9.17, 15) is 9.59 Å². The van der Waals surface area contributed by atoms with E-state index in [4.69, 9.17) is 5.73 Å². The quantitative estimate of drug-likeness (QED) is 0.890. The molecule has 0 bridgehead atoms. The number of likely N-dealkylation sites (tertiary alicyclic amines) is 2. The summed E-state index contributed by atoms with van der Waals surface area (Å²) in [4.78, 5) is 31.4. The summed E-state index contributed by atoms with van der Waals surface area (Å²) in [5, 5.41) is 0. The van der Waals surface area contributed by atoms with Crippen molar-refractivity contribution in [3.8, 4) is 0 Å². The molecule has 2 fully saturated rings. The van der Waals surface area contributed by atoms with E-state index in [2.05, 4.69) is 16.0 Å². The second-order valence-corrected chi connectivity index (χ2v) is 6.85. The highest BCUT2D eigenvalue weighted by molar-refractivity contribution is 5.84. The van der Waals surface area contributed by atoms with Gasteiger partial charge in [0.25, 0.3) is 0 Å². The van der Waals surface area contributed by atoms with Crippen LogP contribution < -0.4 is 5.73 Å². The van der Waals surface area contributed by atoms with Gasteiger partial charge >= 0.3 is 0 Å². The zero-order valence-corrected chi connectivity index (χ0v) is 13.4. The minimum Gasteiger partial charge on any atom is -0.368 e. The van der Waals surface area contributed by atoms with Gasteiger partial charge < -0.3 is 10.6 Å². The van der Waals surface area contributed by atoms with Crippen LogP contribution in [0.15, 0.2) is 24.5 Å². The molecular weight excluding hydrogens is 292 g/mol. The van der Waals surface area contributed by atoms with Gasteiger partial charge in [0.2, 0.25) is 11.8 Å². The fourth-order valence-electron chi connectivity index (χ4n) is 3.78. The predicted molar refractivity (Wildman–Crippen MR) is 86.2 cm³/mol. The lowest BCUT2D eigenvalue weighted by Gasteiger charge is -2.47. The first kappa shape index (κ1) is 15.9. The van der Waals surface area contributed by atoms with E-state index >= 15 is 0 Å². The number of carbonyl (C=O) groups is 2. The Labute approximate surface area is 136 Å². The minimum absolute atomic E-state index is 0.0555. The molecule has 3 heterocycles. The minimum atomic E-state index is -0.426. The maximum atomic E-state index is 12.0. The van der Waals surface area contributed by atoms with E-state index in [1.165, 1.54) is 5.56 Å². The van der Waals surface area contributed by atoms with Crippen molar-refractivity contribution in [1.29, 1.82) is 0 Å². The molecule has 6 nitrogen and oxygen atoms in total. The molecule has 0 saturated carbocycles. The Hall–Kier alpha value is -1.95. The SMILES string of the molecule is NC(=O)CN1CC2(CCC1=O)CCN(Cc1cccnc1)CC2. The molecule has 0 radical (unpaired) electrons. The predicted octanol–water partition coefficient (Wildman–Crippen LogP) is 0.771. The first-order valence-corrected chi connectivity index (χ1v) is 8.24. The van der Waals surface area contributed by atoms with Gasteiger partial charge in [-0.15, -0.1) is 0 Å². The third-order valence-electron chi connectivity index (χ3n) is 5.14. The lowest BCUT2D eigenvalue weighted by Crippen LogP contribution is -2.53. The Kier molecular flexibility index (Phi) is 4.61. The third-order valence-corrected chi connectivity index (χ3v) is 5.14. The molecule has 23 heavy (non-hydrogen) atoms. The standard InChI is InChI=1S/C17H24N4O2/c18-15(22)12-21-13-17(4-3-16(21)23)5-8-20(9-6-17)11-14-2-1-7-19-10-14/h1-2,7,10H,3-6,8-9,11-13H2,(H2,18,22). The van der Waals surface area contributed by atoms with Gasteiger partial charge in [0.1, 0.15) is 0 Å². The van der Waals surface area contributed by atoms with E-state index in [0.29, 0.717) is 13.0 Å². The molecule has 1 spiro atoms. The molecule has 2 N–H and O–H groups in total. The lowest BCUT2D eigenvalue weighted by molar-refractivity contribution is -0.142. The molecule has 124 valence electrons. The van der Waals surface area contributed by atoms with Gasteiger partial charge in [0.05, 0.1) is 6.54 Å². The molecule has 1 aromatic rings. The smallest absolute Gasteiger partial charge is 0.237 e. The van der Waals surface area contributed by atoms with Crippen LogP contribution >= 0.6 is 0 Å². The number of hydrogen-bond acceptors (Lipinski definition) is 4. The van der Waals surface area contributed by atoms with Crippen LogP contribution in [0, 0.1) is 5.41 Å². The van der Waals surface area contributed by atoms with Crippen LogP contribution in [0.4, 0.5) is 0 Å². The topological polar surface area (TPSA) is 79.5 Å². The molecule has 0 aromatic carbocycles. The van der Waals surface area contributed by atoms with Crippen LogP contribution in [0.3, 0.4) is 0 Å². The van der Waals surface area contributed by atoms with Gasteiger partial charge in [-0.25, -0.2) is 0 Å². The fourth-order valence-corrected chi connectivity index (χ4v) is 3.78. The highest BCUT2D eigenvalue weighted by atomic mass is 16.2. The molecule has 2 amide bonds. The van der Waals surface area contributed by atoms with E-state index in [1.54, 1.807) is 11.1 Å². The van der Waals surface area contributed by atoms with E-state index < -0.39 is 5.91 Å². The zero-order valence-electron chi connectivity index (χ0n) is 13.4. The number of aromatic nitrogens is 1. The summed E-state index contributed by atoms with van der Waals surface area (Å²) in [6.45, 7) is 3.70. The summed E-state index contributed by atoms with van der Waals surface area (Å²) < 4.78 is 0. The zero-order chi connectivity index (χ0) is 16.3. The lowest BCUT2D eigenvalue weighted by atomic mass is 9.72. The molecule has 0 atom stereocenters. The van der Waals surface area contributed by atoms with E-state index in [1.807, 2.05) is 12.3 Å². The number of piperidine rings is 2. The average Bonchev–Trinajstić information content (AvgIpc) is 2.54. The van der Waals surface area contributed by atoms with Gasteiger partial charge in [-0.2, -0.15) is 0 Å². The summed E-state index contributed by atoms with van der Waals surface area (Å²) >= 11 is 0. The summed E-state index contributed by atoms with van der Waals surface area (Å²) in [6.07, 6.45) is 7.31. The van der Waals surface area contributed by atoms with Crippen molar-refractivity contribution < 1.29 is 9.59 Å². The first-order chi connectivity index (χ1) is 11.1. The van der Waals surface area contributed by atoms with Gasteiger partial charge in [-0.1, -0.05) is 6.07 Å². The maximum Gasteiger partial charge on any atom is 0.237 e. The van der Waals surface area contributed by atoms with Crippen molar-refractivity contribution in [3.63, 3.8) is 0 Å². The normalized spacial score (nSPS) is 21.6. The molecule has 6 heteroatoms. The van der Waals surface area contributed by atoms with Crippen LogP contribution in [0.2, 0.25) is 0 Å². The number of nitrogens with two attached hydrogens (primary N) is 1. The summed E-state index contributed by atoms with van der Waals surface area (Å²) in [5.41, 5.74) is 6.66. The monoisotopic (exact) mass is 316 g/mol. The molecule has 2 aliphatic heterocycles. The third kappa shape index (κ3) is 3.88. The Morgan fingerprint density at radius 2 is 2.09 bits per heavy atom. The number of rotatable bonds is 4. The second kappa shape index (κ2) is 6.66. The fraction of sp³-hybridized carbons (Fsp3) is 0.588. The van der Waals surface area contributed by atoms with Crippen LogP contribution in [0.25, 0.3) is 0 Å². The number of amides is 2. The van der Waals surface area contributed by atoms with Crippen molar-refractivity contribution >= 4 is 11.8 Å². The van der Waals surface area contributed by atoms with Crippen molar-refractivity contribution in [2.45, 2.75) is 32.2 Å². The summed E-state index contributed by atoms with van der Waals surface area (Å²) in [6, 6.07) is 4.07. The first-order valence-electron chi connectivity index (χ1n) is 8.24. The summed E-state index contributed by atoms with van der Waals surface area (Å²) in [7, 11) is 0. The van der Waals surface area contributed by atoms with E-state index in [-0.39, 0.29) is 17.9 Å². The van der Waals surface area contributed by atoms with E-state index in [0.717, 1.165) is 38.9 Å². The highest BCUT2D eigenvalue weighted by Gasteiger charge is 2.41. The molecule has 2 aliphatic rings. The van der Waals surface area contributed by atoms with Crippen molar-refractivity contribution in [2.75, 3.05) is 26.2 Å². The molecule has 0 aliphatic carbocycles. The van der Waals surface area contributed by atoms with Gasteiger partial charge in [0.15, 0.2) is 0 Å². The number of carbonyl (C=O) groups excluding carboxylic acids is 2. The van der Waals surface area contributed by atoms with Crippen LogP contribution in [0.5, 0.6) is 0 Å². The Bertz CT molecular complexity index is 567. The Morgan fingerprint density at radius 1 is 1.30 bits per heavy atom.